The summed E-state index contributed by atoms with van der Waals surface area (Å²) in [6, 6.07) is 3.70. The van der Waals surface area contributed by atoms with E-state index in [0.29, 0.717) is 11.7 Å². The van der Waals surface area contributed by atoms with Gasteiger partial charge in [0.1, 0.15) is 0 Å². The van der Waals surface area contributed by atoms with Gasteiger partial charge in [-0.2, -0.15) is 0 Å². The first-order chi connectivity index (χ1) is 14.1. The summed E-state index contributed by atoms with van der Waals surface area (Å²) >= 11 is 0. The number of ether oxygens (including phenoxy) is 1. The van der Waals surface area contributed by atoms with Gasteiger partial charge in [0, 0.05) is 50.5 Å². The minimum absolute atomic E-state index is 0.104. The molecule has 0 radical (unpaired) electrons. The summed E-state index contributed by atoms with van der Waals surface area (Å²) in [5.74, 6) is 3.61. The maximum absolute atomic E-state index is 11.5. The number of piperidine rings is 1. The molecule has 29 heavy (non-hydrogen) atoms. The Morgan fingerprint density at radius 3 is 2.34 bits per heavy atom. The molecule has 2 atom stereocenters. The van der Waals surface area contributed by atoms with Gasteiger partial charge >= 0.3 is 5.69 Å². The number of rotatable bonds is 6. The highest BCUT2D eigenvalue weighted by Crippen LogP contribution is 2.48. The molecule has 2 saturated carbocycles. The number of hydrogen-bond donors (Lipinski definition) is 0. The normalized spacial score (nSPS) is 28.0. The van der Waals surface area contributed by atoms with Crippen molar-refractivity contribution in [3.05, 3.63) is 27.8 Å². The number of methoxy groups -OCH3 is 1. The number of likely N-dealkylation sites (tertiary alicyclic amines) is 1. The Kier molecular flexibility index (Phi) is 5.14. The second kappa shape index (κ2) is 7.78. The summed E-state index contributed by atoms with van der Waals surface area (Å²) in [7, 11) is 1.53. The summed E-state index contributed by atoms with van der Waals surface area (Å²) in [6.07, 6.45) is 9.07. The van der Waals surface area contributed by atoms with Crippen LogP contribution in [0.5, 0.6) is 5.75 Å². The third kappa shape index (κ3) is 3.83. The zero-order chi connectivity index (χ0) is 20.0. The van der Waals surface area contributed by atoms with Gasteiger partial charge in [-0.3, -0.25) is 10.1 Å². The summed E-state index contributed by atoms with van der Waals surface area (Å²) < 4.78 is 5.36. The van der Waals surface area contributed by atoms with Crippen LogP contribution < -0.4 is 9.64 Å². The molecule has 0 spiro atoms. The Hall–Kier alpha value is -1.82. The Bertz CT molecular complexity index is 759. The van der Waals surface area contributed by atoms with Crippen LogP contribution in [0.3, 0.4) is 0 Å². The van der Waals surface area contributed by atoms with Crippen LogP contribution in [0.4, 0.5) is 11.4 Å². The molecule has 0 amide bonds. The number of anilines is 1. The van der Waals surface area contributed by atoms with Crippen LogP contribution in [-0.2, 0) is 0 Å². The first-order valence-electron chi connectivity index (χ1n) is 11.5. The Morgan fingerprint density at radius 1 is 1.07 bits per heavy atom. The van der Waals surface area contributed by atoms with E-state index >= 15 is 0 Å². The number of fused-ring (bicyclic) bond motifs is 1. The Balaban J connectivity index is 1.25. The monoisotopic (exact) mass is 399 g/mol. The molecule has 2 unspecified atom stereocenters. The van der Waals surface area contributed by atoms with Gasteiger partial charge in [0.2, 0.25) is 0 Å². The first kappa shape index (κ1) is 19.2. The molecule has 1 aromatic rings. The summed E-state index contributed by atoms with van der Waals surface area (Å²) in [4.78, 5) is 16.3. The first-order valence-corrected chi connectivity index (χ1v) is 11.5. The van der Waals surface area contributed by atoms with Crippen LogP contribution in [0.1, 0.15) is 56.4 Å². The van der Waals surface area contributed by atoms with E-state index in [1.54, 1.807) is 6.07 Å². The minimum Gasteiger partial charge on any atom is -0.490 e. The van der Waals surface area contributed by atoms with Gasteiger partial charge in [-0.1, -0.05) is 6.42 Å². The molecular weight excluding hydrogens is 366 g/mol. The zero-order valence-corrected chi connectivity index (χ0v) is 17.5. The molecule has 0 bridgehead atoms. The average molecular weight is 400 g/mol. The van der Waals surface area contributed by atoms with Gasteiger partial charge in [-0.05, 0) is 67.8 Å². The molecular formula is C23H33N3O3. The van der Waals surface area contributed by atoms with Crippen molar-refractivity contribution in [3.63, 3.8) is 0 Å². The van der Waals surface area contributed by atoms with Gasteiger partial charge in [-0.15, -0.1) is 0 Å². The predicted octanol–water partition coefficient (Wildman–Crippen LogP) is 4.43. The van der Waals surface area contributed by atoms with Crippen LogP contribution in [0, 0.1) is 27.9 Å². The molecule has 4 aliphatic rings. The van der Waals surface area contributed by atoms with E-state index in [1.165, 1.54) is 64.5 Å². The lowest BCUT2D eigenvalue weighted by atomic mass is 9.94. The zero-order valence-electron chi connectivity index (χ0n) is 17.5. The smallest absolute Gasteiger partial charge is 0.311 e. The van der Waals surface area contributed by atoms with E-state index in [2.05, 4.69) is 9.80 Å². The van der Waals surface area contributed by atoms with E-state index < -0.39 is 0 Å². The number of nitrogens with zero attached hydrogens (tertiary/aromatic N) is 3. The van der Waals surface area contributed by atoms with Crippen molar-refractivity contribution in [3.8, 4) is 5.75 Å². The molecule has 2 aliphatic carbocycles. The Morgan fingerprint density at radius 2 is 1.76 bits per heavy atom. The van der Waals surface area contributed by atoms with Crippen LogP contribution in [0.15, 0.2) is 12.1 Å². The molecule has 2 saturated heterocycles. The number of nitro groups is 1. The standard InChI is InChI=1S/C23H33N3O3/c1-29-23-12-21(20(17-5-6-17)11-22(23)26(27)28)25-9-7-16(8-10-25)13-24-14-18-3-2-4-19(18)15-24/h11-12,16-19H,2-10,13-15H2,1H3. The van der Waals surface area contributed by atoms with Gasteiger partial charge < -0.3 is 14.5 Å². The van der Waals surface area contributed by atoms with Gasteiger partial charge in [-0.25, -0.2) is 0 Å². The van der Waals surface area contributed by atoms with Crippen LogP contribution in [-0.4, -0.2) is 49.7 Å². The van der Waals surface area contributed by atoms with Crippen molar-refractivity contribution >= 4 is 11.4 Å². The molecule has 1 aromatic carbocycles. The lowest BCUT2D eigenvalue weighted by molar-refractivity contribution is -0.385. The largest absolute Gasteiger partial charge is 0.490 e. The quantitative estimate of drug-likeness (QED) is 0.523. The van der Waals surface area contributed by atoms with Gasteiger partial charge in [0.15, 0.2) is 5.75 Å². The van der Waals surface area contributed by atoms with Crippen molar-refractivity contribution in [2.24, 2.45) is 17.8 Å². The maximum atomic E-state index is 11.5. The van der Waals surface area contributed by atoms with Crippen LogP contribution >= 0.6 is 0 Å². The van der Waals surface area contributed by atoms with Crippen molar-refractivity contribution < 1.29 is 9.66 Å². The second-order valence-corrected chi connectivity index (χ2v) is 9.71. The van der Waals surface area contributed by atoms with Gasteiger partial charge in [0.25, 0.3) is 0 Å². The average Bonchev–Trinajstić information content (AvgIpc) is 3.37. The predicted molar refractivity (Wildman–Crippen MR) is 114 cm³/mol. The van der Waals surface area contributed by atoms with Crippen LogP contribution in [0.2, 0.25) is 0 Å². The lowest BCUT2D eigenvalue weighted by Gasteiger charge is -2.36. The maximum Gasteiger partial charge on any atom is 0.311 e. The van der Waals surface area contributed by atoms with Crippen molar-refractivity contribution in [2.75, 3.05) is 44.7 Å². The molecule has 5 rings (SSSR count). The van der Waals surface area contributed by atoms with E-state index in [1.807, 2.05) is 6.07 Å². The highest BCUT2D eigenvalue weighted by molar-refractivity contribution is 5.66. The van der Waals surface area contributed by atoms with E-state index in [4.69, 9.17) is 4.74 Å². The van der Waals surface area contributed by atoms with Crippen molar-refractivity contribution in [1.29, 1.82) is 0 Å². The Labute approximate surface area is 173 Å². The summed E-state index contributed by atoms with van der Waals surface area (Å²) in [5.41, 5.74) is 2.43. The number of hydrogen-bond acceptors (Lipinski definition) is 5. The topological polar surface area (TPSA) is 58.8 Å². The fraction of sp³-hybridized carbons (Fsp3) is 0.739. The number of nitro benzene ring substituents is 1. The summed E-state index contributed by atoms with van der Waals surface area (Å²) in [6.45, 7) is 6.02. The second-order valence-electron chi connectivity index (χ2n) is 9.71. The fourth-order valence-electron chi connectivity index (χ4n) is 6.08. The molecule has 0 N–H and O–H groups in total. The molecule has 4 fully saturated rings. The van der Waals surface area contributed by atoms with E-state index in [-0.39, 0.29) is 10.6 Å². The molecule has 158 valence electrons. The molecule has 2 aliphatic heterocycles. The van der Waals surface area contributed by atoms with E-state index in [0.717, 1.165) is 49.2 Å². The number of benzene rings is 1. The lowest BCUT2D eigenvalue weighted by Crippen LogP contribution is -2.38. The SMILES string of the molecule is COc1cc(N2CCC(CN3CC4CCCC4C3)CC2)c(C2CC2)cc1[N+](=O)[O-]. The molecule has 0 aromatic heterocycles. The van der Waals surface area contributed by atoms with Crippen molar-refractivity contribution in [2.45, 2.75) is 50.9 Å². The van der Waals surface area contributed by atoms with E-state index in [9.17, 15) is 10.1 Å². The molecule has 6 nitrogen and oxygen atoms in total. The van der Waals surface area contributed by atoms with Crippen LogP contribution in [0.25, 0.3) is 0 Å². The third-order valence-electron chi connectivity index (χ3n) is 7.82. The highest BCUT2D eigenvalue weighted by atomic mass is 16.6. The third-order valence-corrected chi connectivity index (χ3v) is 7.82. The molecule has 2 heterocycles. The highest BCUT2D eigenvalue weighted by Gasteiger charge is 2.37. The minimum atomic E-state index is -0.313. The fourth-order valence-corrected chi connectivity index (χ4v) is 6.08. The van der Waals surface area contributed by atoms with Gasteiger partial charge in [0.05, 0.1) is 12.0 Å². The van der Waals surface area contributed by atoms with Crippen molar-refractivity contribution in [1.82, 2.24) is 4.90 Å². The summed E-state index contributed by atoms with van der Waals surface area (Å²) in [5, 5.41) is 11.5. The molecule has 6 heteroatoms.